The summed E-state index contributed by atoms with van der Waals surface area (Å²) in [6, 6.07) is 0. The van der Waals surface area contributed by atoms with E-state index in [1.165, 1.54) is 0 Å². The molecule has 0 aliphatic carbocycles. The summed E-state index contributed by atoms with van der Waals surface area (Å²) in [5.74, 6) is -0.423. The van der Waals surface area contributed by atoms with E-state index in [1.807, 2.05) is 0 Å². The summed E-state index contributed by atoms with van der Waals surface area (Å²) in [5.41, 5.74) is 5.04. The van der Waals surface area contributed by atoms with E-state index in [0.29, 0.717) is 18.5 Å². The number of imide groups is 1. The summed E-state index contributed by atoms with van der Waals surface area (Å²) in [7, 11) is 0. The van der Waals surface area contributed by atoms with Crippen molar-refractivity contribution in [1.82, 2.24) is 4.90 Å². The molecule has 0 saturated heterocycles. The highest BCUT2D eigenvalue weighted by Gasteiger charge is 2.26. The van der Waals surface area contributed by atoms with Crippen LogP contribution in [0.1, 0.15) is 34.1 Å². The summed E-state index contributed by atoms with van der Waals surface area (Å²) in [6.45, 7) is 11.0. The van der Waals surface area contributed by atoms with Gasteiger partial charge < -0.3 is 10.5 Å². The van der Waals surface area contributed by atoms with Crippen LogP contribution in [0.15, 0.2) is 12.2 Å². The Morgan fingerprint density at radius 3 is 2.24 bits per heavy atom. The lowest BCUT2D eigenvalue weighted by Crippen LogP contribution is -2.42. The second-order valence-corrected chi connectivity index (χ2v) is 4.86. The minimum atomic E-state index is -0.654. The average Bonchev–Trinajstić information content (AvgIpc) is 2.15. The number of nitrogens with zero attached hydrogens (tertiary/aromatic N) is 1. The molecule has 0 heterocycles. The van der Waals surface area contributed by atoms with Gasteiger partial charge in [0.1, 0.15) is 5.60 Å². The van der Waals surface area contributed by atoms with Gasteiger partial charge in [-0.15, -0.1) is 0 Å². The van der Waals surface area contributed by atoms with E-state index < -0.39 is 17.6 Å². The van der Waals surface area contributed by atoms with Crippen molar-refractivity contribution in [3.05, 3.63) is 12.2 Å². The normalized spacial score (nSPS) is 10.9. The van der Waals surface area contributed by atoms with Crippen molar-refractivity contribution in [2.24, 2.45) is 5.73 Å². The molecule has 0 bridgehead atoms. The molecule has 0 saturated carbocycles. The van der Waals surface area contributed by atoms with Gasteiger partial charge in [-0.1, -0.05) is 6.58 Å². The number of ether oxygens (including phenoxy) is 1. The highest BCUT2D eigenvalue weighted by molar-refractivity contribution is 6.01. The lowest BCUT2D eigenvalue weighted by molar-refractivity contribution is -0.126. The van der Waals surface area contributed by atoms with Gasteiger partial charge in [-0.25, -0.2) is 9.69 Å². The zero-order valence-corrected chi connectivity index (χ0v) is 11.1. The zero-order valence-electron chi connectivity index (χ0n) is 11.1. The van der Waals surface area contributed by atoms with Crippen LogP contribution < -0.4 is 5.73 Å². The minimum Gasteiger partial charge on any atom is -0.443 e. The zero-order chi connectivity index (χ0) is 13.6. The van der Waals surface area contributed by atoms with E-state index in [4.69, 9.17) is 10.5 Å². The number of nitrogens with two attached hydrogens (primary N) is 1. The molecule has 0 aromatic rings. The Kier molecular flexibility index (Phi) is 5.88. The summed E-state index contributed by atoms with van der Waals surface area (Å²) >= 11 is 0. The van der Waals surface area contributed by atoms with Gasteiger partial charge in [0.05, 0.1) is 0 Å². The molecular weight excluding hydrogens is 220 g/mol. The molecule has 2 amide bonds. The van der Waals surface area contributed by atoms with Crippen LogP contribution in [0.25, 0.3) is 0 Å². The standard InChI is InChI=1S/C12H22N2O3/c1-9(2)10(15)14(8-6-7-13)11(16)17-12(3,4)5/h1,6-8,13H2,2-5H3. The van der Waals surface area contributed by atoms with Crippen LogP contribution in [0, 0.1) is 0 Å². The molecule has 17 heavy (non-hydrogen) atoms. The summed E-state index contributed by atoms with van der Waals surface area (Å²) in [6.07, 6.45) is -0.114. The molecule has 0 aliphatic rings. The van der Waals surface area contributed by atoms with Crippen LogP contribution in [0.2, 0.25) is 0 Å². The second kappa shape index (κ2) is 6.39. The second-order valence-electron chi connectivity index (χ2n) is 4.86. The summed E-state index contributed by atoms with van der Waals surface area (Å²) < 4.78 is 5.15. The maximum atomic E-state index is 11.8. The van der Waals surface area contributed by atoms with E-state index in [1.54, 1.807) is 27.7 Å². The fraction of sp³-hybridized carbons (Fsp3) is 0.667. The molecule has 0 rings (SSSR count). The van der Waals surface area contributed by atoms with Crippen molar-refractivity contribution < 1.29 is 14.3 Å². The lowest BCUT2D eigenvalue weighted by atomic mass is 10.2. The fourth-order valence-electron chi connectivity index (χ4n) is 1.07. The van der Waals surface area contributed by atoms with Gasteiger partial charge in [0.2, 0.25) is 0 Å². The quantitative estimate of drug-likeness (QED) is 0.761. The van der Waals surface area contributed by atoms with Crippen molar-refractivity contribution in [3.63, 3.8) is 0 Å². The highest BCUT2D eigenvalue weighted by atomic mass is 16.6. The first kappa shape index (κ1) is 15.6. The third-order valence-corrected chi connectivity index (χ3v) is 1.81. The number of rotatable bonds is 4. The van der Waals surface area contributed by atoms with Crippen LogP contribution in [0.5, 0.6) is 0 Å². The van der Waals surface area contributed by atoms with Gasteiger partial charge in [-0.2, -0.15) is 0 Å². The Balaban J connectivity index is 4.74. The molecule has 0 radical (unpaired) electrons. The maximum Gasteiger partial charge on any atom is 0.417 e. The number of hydrogen-bond donors (Lipinski definition) is 1. The van der Waals surface area contributed by atoms with Gasteiger partial charge in [-0.05, 0) is 40.7 Å². The molecule has 0 atom stereocenters. The molecule has 0 aromatic carbocycles. The van der Waals surface area contributed by atoms with E-state index in [9.17, 15) is 9.59 Å². The van der Waals surface area contributed by atoms with Crippen molar-refractivity contribution in [3.8, 4) is 0 Å². The topological polar surface area (TPSA) is 72.6 Å². The van der Waals surface area contributed by atoms with E-state index >= 15 is 0 Å². The lowest BCUT2D eigenvalue weighted by Gasteiger charge is -2.26. The monoisotopic (exact) mass is 242 g/mol. The third kappa shape index (κ3) is 6.06. The first-order valence-electron chi connectivity index (χ1n) is 5.59. The Bertz CT molecular complexity index is 305. The van der Waals surface area contributed by atoms with Crippen LogP contribution in [0.4, 0.5) is 4.79 Å². The van der Waals surface area contributed by atoms with Crippen LogP contribution in [0.3, 0.4) is 0 Å². The first-order valence-corrected chi connectivity index (χ1v) is 5.59. The summed E-state index contributed by atoms with van der Waals surface area (Å²) in [5, 5.41) is 0. The van der Waals surface area contributed by atoms with Crippen molar-refractivity contribution in [1.29, 1.82) is 0 Å². The Morgan fingerprint density at radius 2 is 1.88 bits per heavy atom. The van der Waals surface area contributed by atoms with Gasteiger partial charge in [0.15, 0.2) is 0 Å². The third-order valence-electron chi connectivity index (χ3n) is 1.81. The van der Waals surface area contributed by atoms with Crippen LogP contribution in [-0.2, 0) is 9.53 Å². The van der Waals surface area contributed by atoms with Crippen molar-refractivity contribution in [2.45, 2.75) is 39.7 Å². The molecule has 0 fully saturated rings. The average molecular weight is 242 g/mol. The Hall–Kier alpha value is -1.36. The molecule has 0 aliphatic heterocycles. The molecule has 0 unspecified atom stereocenters. The number of carbonyl (C=O) groups excluding carboxylic acids is 2. The Labute approximate surface area is 103 Å². The maximum absolute atomic E-state index is 11.8. The number of hydrogen-bond acceptors (Lipinski definition) is 4. The van der Waals surface area contributed by atoms with Gasteiger partial charge in [-0.3, -0.25) is 4.79 Å². The number of carbonyl (C=O) groups is 2. The first-order chi connectivity index (χ1) is 7.69. The number of amides is 2. The molecular formula is C12H22N2O3. The van der Waals surface area contributed by atoms with Crippen molar-refractivity contribution in [2.75, 3.05) is 13.1 Å². The Morgan fingerprint density at radius 1 is 1.35 bits per heavy atom. The molecule has 0 aromatic heterocycles. The van der Waals surface area contributed by atoms with E-state index in [2.05, 4.69) is 6.58 Å². The minimum absolute atomic E-state index is 0.247. The SMILES string of the molecule is C=C(C)C(=O)N(CCCN)C(=O)OC(C)(C)C. The van der Waals surface area contributed by atoms with E-state index in [-0.39, 0.29) is 6.54 Å². The summed E-state index contributed by atoms with van der Waals surface area (Å²) in [4.78, 5) is 24.6. The van der Waals surface area contributed by atoms with Gasteiger partial charge in [0, 0.05) is 12.1 Å². The largest absolute Gasteiger partial charge is 0.443 e. The van der Waals surface area contributed by atoms with Gasteiger partial charge >= 0.3 is 6.09 Å². The smallest absolute Gasteiger partial charge is 0.417 e. The van der Waals surface area contributed by atoms with E-state index in [0.717, 1.165) is 4.90 Å². The van der Waals surface area contributed by atoms with Gasteiger partial charge in [0.25, 0.3) is 5.91 Å². The van der Waals surface area contributed by atoms with Crippen LogP contribution >= 0.6 is 0 Å². The highest BCUT2D eigenvalue weighted by Crippen LogP contribution is 2.11. The molecule has 5 nitrogen and oxygen atoms in total. The predicted molar refractivity (Wildman–Crippen MR) is 66.4 cm³/mol. The molecule has 5 heteroatoms. The molecule has 98 valence electrons. The fourth-order valence-corrected chi connectivity index (χ4v) is 1.07. The van der Waals surface area contributed by atoms with Crippen molar-refractivity contribution >= 4 is 12.0 Å². The molecule has 2 N–H and O–H groups in total. The van der Waals surface area contributed by atoms with Crippen LogP contribution in [-0.4, -0.2) is 35.6 Å². The molecule has 0 spiro atoms. The predicted octanol–water partition coefficient (Wildman–Crippen LogP) is 1.68.